The van der Waals surface area contributed by atoms with E-state index in [2.05, 4.69) is 15.9 Å². The third kappa shape index (κ3) is 2.85. The highest BCUT2D eigenvalue weighted by molar-refractivity contribution is 9.10. The average molecular weight is 373 g/mol. The molecule has 1 aromatic rings. The van der Waals surface area contributed by atoms with Gasteiger partial charge in [0.15, 0.2) is 0 Å². The van der Waals surface area contributed by atoms with Crippen LogP contribution in [0, 0.1) is 5.92 Å². The molecule has 0 amide bonds. The number of halogens is 1. The maximum Gasteiger partial charge on any atom is 0.243 e. The number of nitrogens with two attached hydrogens (primary N) is 1. The van der Waals surface area contributed by atoms with Gasteiger partial charge in [-0.25, -0.2) is 8.42 Å². The predicted octanol–water partition coefficient (Wildman–Crippen LogP) is 3.37. The fraction of sp³-hybridized carbons (Fsp3) is 0.600. The number of hydrogen-bond donors (Lipinski definition) is 1. The summed E-state index contributed by atoms with van der Waals surface area (Å²) in [6.07, 6.45) is 6.66. The van der Waals surface area contributed by atoms with Crippen LogP contribution in [0.25, 0.3) is 0 Å². The van der Waals surface area contributed by atoms with E-state index in [0.29, 0.717) is 23.0 Å². The molecule has 2 unspecified atom stereocenters. The number of sulfonamides is 1. The lowest BCUT2D eigenvalue weighted by Crippen LogP contribution is -2.49. The number of rotatable bonds is 2. The number of piperidine rings is 1. The molecule has 2 fully saturated rings. The Labute approximate surface area is 134 Å². The molecule has 2 aliphatic rings. The SMILES string of the molecule is Nc1cc(S(=O)(=O)N2CCCC3CCCCC32)ccc1Br. The minimum atomic E-state index is -3.44. The first-order chi connectivity index (χ1) is 10.00. The van der Waals surface area contributed by atoms with E-state index in [9.17, 15) is 8.42 Å². The zero-order chi connectivity index (χ0) is 15.0. The molecule has 0 radical (unpaired) electrons. The highest BCUT2D eigenvalue weighted by Gasteiger charge is 2.39. The standard InChI is InChI=1S/C15H21BrN2O2S/c16-13-8-7-12(10-14(13)17)21(19,20)18-9-3-5-11-4-1-2-6-15(11)18/h7-8,10-11,15H,1-6,9,17H2. The Kier molecular flexibility index (Phi) is 4.30. The van der Waals surface area contributed by atoms with Gasteiger partial charge in [-0.15, -0.1) is 0 Å². The summed E-state index contributed by atoms with van der Waals surface area (Å²) in [6.45, 7) is 0.638. The van der Waals surface area contributed by atoms with Gasteiger partial charge >= 0.3 is 0 Å². The third-order valence-corrected chi connectivity index (χ3v) is 7.41. The lowest BCUT2D eigenvalue weighted by Gasteiger charge is -2.43. The van der Waals surface area contributed by atoms with Crippen molar-refractivity contribution in [2.75, 3.05) is 12.3 Å². The van der Waals surface area contributed by atoms with Crippen molar-refractivity contribution in [2.45, 2.75) is 49.5 Å². The molecule has 116 valence electrons. The quantitative estimate of drug-likeness (QED) is 0.809. The van der Waals surface area contributed by atoms with Gasteiger partial charge < -0.3 is 5.73 Å². The predicted molar refractivity (Wildman–Crippen MR) is 87.4 cm³/mol. The van der Waals surface area contributed by atoms with Gasteiger partial charge in [-0.05, 0) is 65.7 Å². The van der Waals surface area contributed by atoms with E-state index < -0.39 is 10.0 Å². The molecule has 1 saturated carbocycles. The van der Waals surface area contributed by atoms with Crippen LogP contribution < -0.4 is 5.73 Å². The van der Waals surface area contributed by atoms with Gasteiger partial charge in [-0.1, -0.05) is 12.8 Å². The summed E-state index contributed by atoms with van der Waals surface area (Å²) in [7, 11) is -3.44. The van der Waals surface area contributed by atoms with Gasteiger partial charge in [-0.3, -0.25) is 0 Å². The van der Waals surface area contributed by atoms with Gasteiger partial charge in [0.1, 0.15) is 0 Å². The fourth-order valence-corrected chi connectivity index (χ4v) is 5.73. The third-order valence-electron chi connectivity index (χ3n) is 4.77. The fourth-order valence-electron chi connectivity index (χ4n) is 3.70. The summed E-state index contributed by atoms with van der Waals surface area (Å²) >= 11 is 3.31. The topological polar surface area (TPSA) is 63.4 Å². The molecule has 3 rings (SSSR count). The van der Waals surface area contributed by atoms with Crippen molar-refractivity contribution < 1.29 is 8.42 Å². The maximum atomic E-state index is 13.0. The smallest absolute Gasteiger partial charge is 0.243 e. The van der Waals surface area contributed by atoms with E-state index in [4.69, 9.17) is 5.73 Å². The zero-order valence-corrected chi connectivity index (χ0v) is 14.4. The minimum absolute atomic E-state index is 0.183. The normalized spacial score (nSPS) is 27.3. The van der Waals surface area contributed by atoms with Gasteiger partial charge in [-0.2, -0.15) is 4.31 Å². The van der Waals surface area contributed by atoms with Crippen molar-refractivity contribution >= 4 is 31.6 Å². The Morgan fingerprint density at radius 2 is 1.86 bits per heavy atom. The second-order valence-corrected chi connectivity index (χ2v) is 8.80. The van der Waals surface area contributed by atoms with Crippen molar-refractivity contribution in [3.63, 3.8) is 0 Å². The number of nitrogen functional groups attached to an aromatic ring is 1. The molecular formula is C15H21BrN2O2S. The highest BCUT2D eigenvalue weighted by atomic mass is 79.9. The number of hydrogen-bond acceptors (Lipinski definition) is 3. The first kappa shape index (κ1) is 15.3. The van der Waals surface area contributed by atoms with Crippen LogP contribution in [0.1, 0.15) is 38.5 Å². The van der Waals surface area contributed by atoms with E-state index >= 15 is 0 Å². The van der Waals surface area contributed by atoms with E-state index in [0.717, 1.165) is 23.7 Å². The van der Waals surface area contributed by atoms with Gasteiger partial charge in [0, 0.05) is 22.7 Å². The maximum absolute atomic E-state index is 13.0. The molecule has 4 nitrogen and oxygen atoms in total. The van der Waals surface area contributed by atoms with Gasteiger partial charge in [0.25, 0.3) is 0 Å². The van der Waals surface area contributed by atoms with Crippen molar-refractivity contribution in [1.82, 2.24) is 4.31 Å². The molecule has 1 aliphatic carbocycles. The van der Waals surface area contributed by atoms with Crippen LogP contribution in [0.15, 0.2) is 27.6 Å². The molecule has 1 aromatic carbocycles. The van der Waals surface area contributed by atoms with Crippen LogP contribution in [0.2, 0.25) is 0 Å². The average Bonchev–Trinajstić information content (AvgIpc) is 2.49. The second kappa shape index (κ2) is 5.89. The van der Waals surface area contributed by atoms with Crippen LogP contribution in [-0.2, 0) is 10.0 Å². The monoisotopic (exact) mass is 372 g/mol. The first-order valence-corrected chi connectivity index (χ1v) is 9.80. The van der Waals surface area contributed by atoms with Crippen molar-refractivity contribution in [1.29, 1.82) is 0 Å². The molecule has 0 bridgehead atoms. The minimum Gasteiger partial charge on any atom is -0.398 e. The molecule has 0 aromatic heterocycles. The Morgan fingerprint density at radius 1 is 1.14 bits per heavy atom. The summed E-state index contributed by atoms with van der Waals surface area (Å²) in [4.78, 5) is 0.314. The van der Waals surface area contributed by atoms with E-state index in [1.165, 1.54) is 19.3 Å². The van der Waals surface area contributed by atoms with Gasteiger partial charge in [0.2, 0.25) is 10.0 Å². The number of nitrogens with zero attached hydrogens (tertiary/aromatic N) is 1. The van der Waals surface area contributed by atoms with Crippen molar-refractivity contribution in [3.8, 4) is 0 Å². The Bertz CT molecular complexity index is 631. The molecule has 21 heavy (non-hydrogen) atoms. The summed E-state index contributed by atoms with van der Waals surface area (Å²) in [5.41, 5.74) is 6.31. The van der Waals surface area contributed by atoms with E-state index in [1.54, 1.807) is 22.5 Å². The molecule has 6 heteroatoms. The number of benzene rings is 1. The molecule has 2 N–H and O–H groups in total. The summed E-state index contributed by atoms with van der Waals surface area (Å²) in [5.74, 6) is 0.537. The highest BCUT2D eigenvalue weighted by Crippen LogP contribution is 2.38. The van der Waals surface area contributed by atoms with Gasteiger partial charge in [0.05, 0.1) is 4.90 Å². The Hall–Kier alpha value is -0.590. The summed E-state index contributed by atoms with van der Waals surface area (Å²) < 4.78 is 28.4. The Balaban J connectivity index is 1.94. The number of anilines is 1. The van der Waals surface area contributed by atoms with Crippen molar-refractivity contribution in [3.05, 3.63) is 22.7 Å². The molecule has 1 saturated heterocycles. The largest absolute Gasteiger partial charge is 0.398 e. The lowest BCUT2D eigenvalue weighted by atomic mass is 9.79. The number of fused-ring (bicyclic) bond motifs is 1. The second-order valence-electron chi connectivity index (χ2n) is 6.05. The molecule has 1 aliphatic heterocycles. The van der Waals surface area contributed by atoms with E-state index in [1.807, 2.05) is 0 Å². The van der Waals surface area contributed by atoms with Crippen LogP contribution in [0.4, 0.5) is 5.69 Å². The Morgan fingerprint density at radius 3 is 2.62 bits per heavy atom. The van der Waals surface area contributed by atoms with E-state index in [-0.39, 0.29) is 6.04 Å². The summed E-state index contributed by atoms with van der Waals surface area (Å²) in [6, 6.07) is 5.10. The van der Waals surface area contributed by atoms with Crippen LogP contribution in [-0.4, -0.2) is 25.3 Å². The van der Waals surface area contributed by atoms with Crippen LogP contribution in [0.5, 0.6) is 0 Å². The van der Waals surface area contributed by atoms with Crippen LogP contribution in [0.3, 0.4) is 0 Å². The molecule has 0 spiro atoms. The van der Waals surface area contributed by atoms with Crippen molar-refractivity contribution in [2.24, 2.45) is 5.92 Å². The lowest BCUT2D eigenvalue weighted by molar-refractivity contribution is 0.129. The first-order valence-electron chi connectivity index (χ1n) is 7.57. The zero-order valence-electron chi connectivity index (χ0n) is 12.0. The van der Waals surface area contributed by atoms with Crippen LogP contribution >= 0.6 is 15.9 Å². The molecule has 2 atom stereocenters. The summed E-state index contributed by atoms with van der Waals surface area (Å²) in [5, 5.41) is 0. The molecule has 1 heterocycles. The molecular weight excluding hydrogens is 352 g/mol.